The van der Waals surface area contributed by atoms with Crippen LogP contribution in [-0.2, 0) is 4.79 Å². The second-order valence-electron chi connectivity index (χ2n) is 4.29. The minimum atomic E-state index is -0.653. The van der Waals surface area contributed by atoms with Crippen LogP contribution >= 0.6 is 0 Å². The molecule has 3 nitrogen and oxygen atoms in total. The summed E-state index contributed by atoms with van der Waals surface area (Å²) in [6.45, 7) is 6.82. The summed E-state index contributed by atoms with van der Waals surface area (Å²) in [7, 11) is 0. The van der Waals surface area contributed by atoms with Gasteiger partial charge in [0.05, 0.1) is 6.07 Å². The summed E-state index contributed by atoms with van der Waals surface area (Å²) in [5.41, 5.74) is -0.653. The Labute approximate surface area is 85.7 Å². The Kier molecular flexibility index (Phi) is 3.15. The minimum Gasteiger partial charge on any atom is -0.339 e. The van der Waals surface area contributed by atoms with Crippen LogP contribution in [0.25, 0.3) is 0 Å². The molecule has 1 aliphatic carbocycles. The van der Waals surface area contributed by atoms with E-state index in [1.807, 2.05) is 18.7 Å². The van der Waals surface area contributed by atoms with E-state index < -0.39 is 5.41 Å². The number of hydrogen-bond donors (Lipinski definition) is 0. The van der Waals surface area contributed by atoms with E-state index in [1.54, 1.807) is 0 Å². The molecule has 0 aromatic heterocycles. The zero-order chi connectivity index (χ0) is 10.8. The van der Waals surface area contributed by atoms with Crippen LogP contribution in [-0.4, -0.2) is 23.4 Å². The lowest BCUT2D eigenvalue weighted by Gasteiger charge is -2.28. The molecule has 14 heavy (non-hydrogen) atoms. The largest absolute Gasteiger partial charge is 0.339 e. The van der Waals surface area contributed by atoms with Crippen molar-refractivity contribution in [3.8, 4) is 6.07 Å². The smallest absolute Gasteiger partial charge is 0.243 e. The SMILES string of the molecule is CCCN(C(=O)C1(C#N)CC1)C(C)C. The van der Waals surface area contributed by atoms with Crippen molar-refractivity contribution < 1.29 is 4.79 Å². The van der Waals surface area contributed by atoms with Gasteiger partial charge < -0.3 is 4.90 Å². The highest BCUT2D eigenvalue weighted by atomic mass is 16.2. The molecule has 0 bridgehead atoms. The first kappa shape index (κ1) is 11.0. The number of amides is 1. The Hall–Kier alpha value is -1.04. The molecular weight excluding hydrogens is 176 g/mol. The van der Waals surface area contributed by atoms with Crippen molar-refractivity contribution in [2.45, 2.75) is 46.1 Å². The highest BCUT2D eigenvalue weighted by Crippen LogP contribution is 2.46. The van der Waals surface area contributed by atoms with Crippen molar-refractivity contribution in [3.63, 3.8) is 0 Å². The van der Waals surface area contributed by atoms with E-state index in [4.69, 9.17) is 5.26 Å². The third-order valence-corrected chi connectivity index (χ3v) is 2.72. The molecule has 3 heteroatoms. The lowest BCUT2D eigenvalue weighted by atomic mass is 10.1. The molecule has 1 amide bonds. The summed E-state index contributed by atoms with van der Waals surface area (Å²) in [5, 5.41) is 8.93. The van der Waals surface area contributed by atoms with Crippen LogP contribution in [0.5, 0.6) is 0 Å². The molecule has 0 aromatic rings. The molecular formula is C11H18N2O. The van der Waals surface area contributed by atoms with Gasteiger partial charge in [-0.1, -0.05) is 6.92 Å². The first-order valence-corrected chi connectivity index (χ1v) is 5.29. The highest BCUT2D eigenvalue weighted by Gasteiger charge is 2.52. The number of carbonyl (C=O) groups is 1. The molecule has 0 N–H and O–H groups in total. The molecule has 0 heterocycles. The van der Waals surface area contributed by atoms with Crippen LogP contribution in [0.4, 0.5) is 0 Å². The van der Waals surface area contributed by atoms with E-state index in [1.165, 1.54) is 0 Å². The van der Waals surface area contributed by atoms with E-state index >= 15 is 0 Å². The molecule has 0 saturated heterocycles. The maximum atomic E-state index is 12.0. The molecule has 0 spiro atoms. The summed E-state index contributed by atoms with van der Waals surface area (Å²) < 4.78 is 0. The Morgan fingerprint density at radius 2 is 2.14 bits per heavy atom. The van der Waals surface area contributed by atoms with Crippen LogP contribution in [0, 0.1) is 16.7 Å². The Morgan fingerprint density at radius 1 is 1.57 bits per heavy atom. The third-order valence-electron chi connectivity index (χ3n) is 2.72. The van der Waals surface area contributed by atoms with Crippen LogP contribution in [0.2, 0.25) is 0 Å². The average Bonchev–Trinajstić information content (AvgIpc) is 2.93. The van der Waals surface area contributed by atoms with Gasteiger partial charge in [0.2, 0.25) is 5.91 Å². The first-order valence-electron chi connectivity index (χ1n) is 5.29. The molecule has 78 valence electrons. The molecule has 1 saturated carbocycles. The van der Waals surface area contributed by atoms with Gasteiger partial charge in [0.1, 0.15) is 5.41 Å². The second-order valence-corrected chi connectivity index (χ2v) is 4.29. The van der Waals surface area contributed by atoms with Gasteiger partial charge in [0, 0.05) is 12.6 Å². The molecule has 0 aliphatic heterocycles. The second kappa shape index (κ2) is 4.00. The fraction of sp³-hybridized carbons (Fsp3) is 0.818. The lowest BCUT2D eigenvalue weighted by Crippen LogP contribution is -2.41. The number of nitrogens with zero attached hydrogens (tertiary/aromatic N) is 2. The quantitative estimate of drug-likeness (QED) is 0.686. The summed E-state index contributed by atoms with van der Waals surface area (Å²) in [4.78, 5) is 13.8. The van der Waals surface area contributed by atoms with Crippen LogP contribution in [0.3, 0.4) is 0 Å². The van der Waals surface area contributed by atoms with E-state index in [0.717, 1.165) is 25.8 Å². The first-order chi connectivity index (χ1) is 6.57. The van der Waals surface area contributed by atoms with Crippen molar-refractivity contribution >= 4 is 5.91 Å². The van der Waals surface area contributed by atoms with Gasteiger partial charge in [-0.15, -0.1) is 0 Å². The summed E-state index contributed by atoms with van der Waals surface area (Å²) in [6.07, 6.45) is 2.44. The Balaban J connectivity index is 2.70. The summed E-state index contributed by atoms with van der Waals surface area (Å²) in [5.74, 6) is 0.0388. The molecule has 0 radical (unpaired) electrons. The van der Waals surface area contributed by atoms with Crippen molar-refractivity contribution in [1.82, 2.24) is 4.90 Å². The van der Waals surface area contributed by atoms with Crippen molar-refractivity contribution in [3.05, 3.63) is 0 Å². The standard InChI is InChI=1S/C11H18N2O/c1-4-7-13(9(2)3)10(14)11(8-12)5-6-11/h9H,4-7H2,1-3H3. The molecule has 0 aromatic carbocycles. The molecule has 0 atom stereocenters. The monoisotopic (exact) mass is 194 g/mol. The lowest BCUT2D eigenvalue weighted by molar-refractivity contribution is -0.136. The van der Waals surface area contributed by atoms with Crippen molar-refractivity contribution in [1.29, 1.82) is 5.26 Å². The number of hydrogen-bond acceptors (Lipinski definition) is 2. The Morgan fingerprint density at radius 3 is 2.43 bits per heavy atom. The number of rotatable bonds is 4. The summed E-state index contributed by atoms with van der Waals surface area (Å²) >= 11 is 0. The van der Waals surface area contributed by atoms with Gasteiger partial charge >= 0.3 is 0 Å². The van der Waals surface area contributed by atoms with Crippen LogP contribution < -0.4 is 0 Å². The molecule has 1 rings (SSSR count). The topological polar surface area (TPSA) is 44.1 Å². The van der Waals surface area contributed by atoms with E-state index in [-0.39, 0.29) is 11.9 Å². The molecule has 1 aliphatic rings. The van der Waals surface area contributed by atoms with Gasteiger partial charge in [0.25, 0.3) is 0 Å². The highest BCUT2D eigenvalue weighted by molar-refractivity contribution is 5.88. The van der Waals surface area contributed by atoms with Crippen LogP contribution in [0.15, 0.2) is 0 Å². The Bertz CT molecular complexity index is 261. The van der Waals surface area contributed by atoms with Gasteiger partial charge in [-0.2, -0.15) is 5.26 Å². The third kappa shape index (κ3) is 1.89. The van der Waals surface area contributed by atoms with E-state index in [0.29, 0.717) is 0 Å². The molecule has 0 unspecified atom stereocenters. The van der Waals surface area contributed by atoms with Gasteiger partial charge in [-0.3, -0.25) is 4.79 Å². The fourth-order valence-electron chi connectivity index (χ4n) is 1.61. The van der Waals surface area contributed by atoms with E-state index in [2.05, 4.69) is 13.0 Å². The predicted octanol–water partition coefficient (Wildman–Crippen LogP) is 1.94. The van der Waals surface area contributed by atoms with Crippen LogP contribution in [0.1, 0.15) is 40.0 Å². The van der Waals surface area contributed by atoms with Gasteiger partial charge in [0.15, 0.2) is 0 Å². The number of nitriles is 1. The van der Waals surface area contributed by atoms with Crippen molar-refractivity contribution in [2.24, 2.45) is 5.41 Å². The molecule has 1 fully saturated rings. The fourth-order valence-corrected chi connectivity index (χ4v) is 1.61. The van der Waals surface area contributed by atoms with E-state index in [9.17, 15) is 4.79 Å². The zero-order valence-electron chi connectivity index (χ0n) is 9.21. The minimum absolute atomic E-state index is 0.0388. The predicted molar refractivity (Wildman–Crippen MR) is 54.4 cm³/mol. The van der Waals surface area contributed by atoms with Gasteiger partial charge in [-0.25, -0.2) is 0 Å². The summed E-state index contributed by atoms with van der Waals surface area (Å²) in [6, 6.07) is 2.36. The maximum Gasteiger partial charge on any atom is 0.243 e. The maximum absolute atomic E-state index is 12.0. The zero-order valence-corrected chi connectivity index (χ0v) is 9.21. The number of carbonyl (C=O) groups excluding carboxylic acids is 1. The normalized spacial score (nSPS) is 17.6. The van der Waals surface area contributed by atoms with Gasteiger partial charge in [-0.05, 0) is 33.1 Å². The van der Waals surface area contributed by atoms with Crippen molar-refractivity contribution in [2.75, 3.05) is 6.54 Å². The average molecular weight is 194 g/mol.